The van der Waals surface area contributed by atoms with E-state index in [0.29, 0.717) is 6.54 Å². The van der Waals surface area contributed by atoms with Gasteiger partial charge in [-0.1, -0.05) is 0 Å². The van der Waals surface area contributed by atoms with E-state index in [1.165, 1.54) is 6.08 Å². The summed E-state index contributed by atoms with van der Waals surface area (Å²) in [4.78, 5) is 12.7. The normalized spacial score (nSPS) is 25.5. The van der Waals surface area contributed by atoms with Crippen molar-refractivity contribution >= 4 is 13.2 Å². The Morgan fingerprint density at radius 2 is 2.00 bits per heavy atom. The molecule has 0 amide bonds. The molecular formula is C19H27BFNO4. The largest absolute Gasteiger partial charge is 0.525 e. The predicted molar refractivity (Wildman–Crippen MR) is 99.5 cm³/mol. The highest BCUT2D eigenvalue weighted by atomic mass is 19.1. The highest BCUT2D eigenvalue weighted by Gasteiger charge is 2.53. The van der Waals surface area contributed by atoms with Crippen LogP contribution in [0.2, 0.25) is 0 Å². The summed E-state index contributed by atoms with van der Waals surface area (Å²) in [5.41, 5.74) is -1.83. The van der Waals surface area contributed by atoms with Crippen LogP contribution in [0, 0.1) is 0 Å². The topological polar surface area (TPSA) is 49.7 Å². The molecule has 2 saturated heterocycles. The van der Waals surface area contributed by atoms with Crippen LogP contribution in [0.5, 0.6) is 0 Å². The minimum absolute atomic E-state index is 0.0358. The van der Waals surface area contributed by atoms with E-state index in [9.17, 15) is 9.18 Å². The molecule has 0 N–H and O–H groups in total. The second-order valence-corrected chi connectivity index (χ2v) is 8.03. The van der Waals surface area contributed by atoms with Gasteiger partial charge in [0.25, 0.3) is 5.56 Å². The Hall–Kier alpha value is -1.44. The molecule has 2 aliphatic rings. The SMILES string of the molecule is CC1(C)OB(C(F)=Cc2cccn(CC3CCCCO3)c2=O)OC1(C)C. The molecule has 142 valence electrons. The fourth-order valence-corrected chi connectivity index (χ4v) is 3.15. The summed E-state index contributed by atoms with van der Waals surface area (Å²) in [6, 6.07) is 3.35. The highest BCUT2D eigenvalue weighted by Crippen LogP contribution is 2.38. The lowest BCUT2D eigenvalue weighted by Gasteiger charge is -2.32. The first-order chi connectivity index (χ1) is 12.2. The molecule has 0 radical (unpaired) electrons. The smallest absolute Gasteiger partial charge is 0.398 e. The quantitative estimate of drug-likeness (QED) is 0.770. The fraction of sp³-hybridized carbons (Fsp3) is 0.632. The van der Waals surface area contributed by atoms with Crippen molar-refractivity contribution in [3.63, 3.8) is 0 Å². The molecular weight excluding hydrogens is 336 g/mol. The van der Waals surface area contributed by atoms with Crippen LogP contribution in [0.3, 0.4) is 0 Å². The molecule has 2 aliphatic heterocycles. The number of rotatable bonds is 4. The van der Waals surface area contributed by atoms with Gasteiger partial charge in [0.1, 0.15) is 5.73 Å². The maximum atomic E-state index is 14.7. The van der Waals surface area contributed by atoms with Gasteiger partial charge in [0, 0.05) is 18.4 Å². The van der Waals surface area contributed by atoms with Crippen LogP contribution in [0.4, 0.5) is 4.39 Å². The Bertz CT molecular complexity index is 721. The van der Waals surface area contributed by atoms with E-state index in [2.05, 4.69) is 0 Å². The minimum Gasteiger partial charge on any atom is -0.398 e. The first-order valence-electron chi connectivity index (χ1n) is 9.23. The van der Waals surface area contributed by atoms with Crippen LogP contribution in [0.25, 0.3) is 6.08 Å². The fourth-order valence-electron chi connectivity index (χ4n) is 3.15. The number of hydrogen-bond donors (Lipinski definition) is 0. The van der Waals surface area contributed by atoms with Crippen LogP contribution in [-0.2, 0) is 20.6 Å². The van der Waals surface area contributed by atoms with Crippen molar-refractivity contribution < 1.29 is 18.4 Å². The lowest BCUT2D eigenvalue weighted by Crippen LogP contribution is -2.41. The van der Waals surface area contributed by atoms with Gasteiger partial charge in [0.15, 0.2) is 0 Å². The molecule has 1 aromatic rings. The Kier molecular flexibility index (Phi) is 5.42. The molecule has 0 spiro atoms. The minimum atomic E-state index is -1.10. The van der Waals surface area contributed by atoms with Crippen LogP contribution >= 0.6 is 0 Å². The zero-order chi connectivity index (χ0) is 18.9. The van der Waals surface area contributed by atoms with E-state index in [1.807, 2.05) is 27.7 Å². The van der Waals surface area contributed by atoms with Gasteiger partial charge in [-0.05, 0) is 65.2 Å². The maximum absolute atomic E-state index is 14.7. The third kappa shape index (κ3) is 3.95. The van der Waals surface area contributed by atoms with Crippen molar-refractivity contribution in [1.82, 2.24) is 4.57 Å². The number of pyridine rings is 1. The predicted octanol–water partition coefficient (Wildman–Crippen LogP) is 3.36. The Morgan fingerprint density at radius 1 is 1.31 bits per heavy atom. The van der Waals surface area contributed by atoms with Crippen molar-refractivity contribution in [2.75, 3.05) is 6.61 Å². The van der Waals surface area contributed by atoms with Gasteiger partial charge in [0.2, 0.25) is 0 Å². The molecule has 5 nitrogen and oxygen atoms in total. The van der Waals surface area contributed by atoms with E-state index in [1.54, 1.807) is 22.9 Å². The maximum Gasteiger partial charge on any atom is 0.525 e. The third-order valence-electron chi connectivity index (χ3n) is 5.50. The molecule has 0 saturated carbocycles. The first kappa shape index (κ1) is 19.3. The number of ether oxygens (including phenoxy) is 1. The molecule has 1 unspecified atom stereocenters. The van der Waals surface area contributed by atoms with Gasteiger partial charge in [-0.2, -0.15) is 0 Å². The second-order valence-electron chi connectivity index (χ2n) is 8.03. The molecule has 0 bridgehead atoms. The summed E-state index contributed by atoms with van der Waals surface area (Å²) in [6.07, 6.45) is 6.07. The molecule has 1 aromatic heterocycles. The van der Waals surface area contributed by atoms with Crippen LogP contribution in [0.1, 0.15) is 52.5 Å². The number of nitrogens with zero attached hydrogens (tertiary/aromatic N) is 1. The van der Waals surface area contributed by atoms with E-state index in [4.69, 9.17) is 14.0 Å². The van der Waals surface area contributed by atoms with Gasteiger partial charge in [0.05, 0.1) is 23.9 Å². The first-order valence-corrected chi connectivity index (χ1v) is 9.23. The highest BCUT2D eigenvalue weighted by molar-refractivity contribution is 6.54. The average Bonchev–Trinajstić information content (AvgIpc) is 2.80. The lowest BCUT2D eigenvalue weighted by molar-refractivity contribution is 0.00542. The summed E-state index contributed by atoms with van der Waals surface area (Å²) < 4.78 is 33.4. The van der Waals surface area contributed by atoms with Gasteiger partial charge < -0.3 is 18.6 Å². The van der Waals surface area contributed by atoms with Gasteiger partial charge in [-0.3, -0.25) is 4.79 Å². The van der Waals surface area contributed by atoms with E-state index < -0.39 is 24.0 Å². The summed E-state index contributed by atoms with van der Waals surface area (Å²) >= 11 is 0. The zero-order valence-corrected chi connectivity index (χ0v) is 16.0. The summed E-state index contributed by atoms with van der Waals surface area (Å²) in [5, 5.41) is 0. The second kappa shape index (κ2) is 7.29. The summed E-state index contributed by atoms with van der Waals surface area (Å²) in [6.45, 7) is 8.66. The van der Waals surface area contributed by atoms with Crippen molar-refractivity contribution in [1.29, 1.82) is 0 Å². The molecule has 3 heterocycles. The number of hydrogen-bond acceptors (Lipinski definition) is 4. The summed E-state index contributed by atoms with van der Waals surface area (Å²) in [7, 11) is -1.10. The molecule has 26 heavy (non-hydrogen) atoms. The van der Waals surface area contributed by atoms with Crippen LogP contribution in [-0.4, -0.2) is 35.6 Å². The standard InChI is InChI=1S/C19H27BFNO4/c1-18(2)19(3,4)26-20(25-18)16(21)12-14-8-7-10-22(17(14)23)13-15-9-5-6-11-24-15/h7-8,10,12,15H,5-6,9,11,13H2,1-4H3. The molecule has 0 aromatic carbocycles. The van der Waals surface area contributed by atoms with E-state index >= 15 is 0 Å². The molecule has 3 rings (SSSR count). The average molecular weight is 363 g/mol. The van der Waals surface area contributed by atoms with Crippen LogP contribution < -0.4 is 5.56 Å². The number of aromatic nitrogens is 1. The van der Waals surface area contributed by atoms with Crippen LogP contribution in [0.15, 0.2) is 28.9 Å². The van der Waals surface area contributed by atoms with Crippen molar-refractivity contribution in [2.45, 2.75) is 70.8 Å². The number of halogens is 1. The van der Waals surface area contributed by atoms with Gasteiger partial charge >= 0.3 is 7.12 Å². The van der Waals surface area contributed by atoms with Crippen molar-refractivity contribution in [3.05, 3.63) is 40.0 Å². The van der Waals surface area contributed by atoms with Gasteiger partial charge in [-0.15, -0.1) is 0 Å². The molecule has 0 aliphatic carbocycles. The Morgan fingerprint density at radius 3 is 2.62 bits per heavy atom. The molecule has 2 fully saturated rings. The summed E-state index contributed by atoms with van der Waals surface area (Å²) in [5.74, 6) is 0. The van der Waals surface area contributed by atoms with E-state index in [0.717, 1.165) is 25.9 Å². The lowest BCUT2D eigenvalue weighted by atomic mass is 9.87. The van der Waals surface area contributed by atoms with Gasteiger partial charge in [-0.25, -0.2) is 4.39 Å². The van der Waals surface area contributed by atoms with E-state index in [-0.39, 0.29) is 17.2 Å². The monoisotopic (exact) mass is 363 g/mol. The zero-order valence-electron chi connectivity index (χ0n) is 16.0. The third-order valence-corrected chi connectivity index (χ3v) is 5.50. The molecule has 1 atom stereocenters. The van der Waals surface area contributed by atoms with Crippen molar-refractivity contribution in [3.8, 4) is 0 Å². The Balaban J connectivity index is 1.78. The van der Waals surface area contributed by atoms with Crippen molar-refractivity contribution in [2.24, 2.45) is 0 Å². The molecule has 7 heteroatoms. The Labute approximate surface area is 154 Å².